The molecular weight excluding hydrogens is 2010 g/mol. The Kier molecular flexibility index (Phi) is 32.4. The number of carbonyl (C=O) groups excluding carboxylic acids is 11. The molecule has 8 aromatic rings. The molecule has 0 radical (unpaired) electrons. The minimum Gasteiger partial charge on any atom is -0.467 e. The van der Waals surface area contributed by atoms with Crippen LogP contribution in [0.5, 0.6) is 0 Å². The van der Waals surface area contributed by atoms with Crippen molar-refractivity contribution in [2.45, 2.75) is 91.2 Å². The number of ether oxygens (including phenoxy) is 3. The second kappa shape index (κ2) is 45.0. The van der Waals surface area contributed by atoms with Crippen molar-refractivity contribution in [1.82, 2.24) is 138 Å². The van der Waals surface area contributed by atoms with Crippen molar-refractivity contribution in [2.75, 3.05) is 112 Å². The first-order chi connectivity index (χ1) is 70.8. The molecule has 21 heterocycles. The number of carbonyl (C=O) groups is 11. The zero-order valence-electron chi connectivity index (χ0n) is 81.6. The van der Waals surface area contributed by atoms with Crippen LogP contribution in [0.15, 0.2) is 160 Å². The van der Waals surface area contributed by atoms with Crippen LogP contribution in [0.25, 0.3) is 0 Å². The van der Waals surface area contributed by atoms with Crippen LogP contribution in [0.2, 0.25) is 0 Å². The van der Waals surface area contributed by atoms with Crippen LogP contribution >= 0.6 is 27.5 Å². The van der Waals surface area contributed by atoms with Crippen LogP contribution in [-0.2, 0) is 118 Å². The standard InChI is InChI=1S/C17H18N4O4.C13H16N4O4.C12H14ClN5O3.C12H15N5O3.C12H16N4O3.C12H14N4O3.C10H12N4O4.C3H5Br/c1-19-14-12(8-18-19)13-9-20(15(14)16(22)24-2)17(23)21(13)25-10-11-6-4-3-5-7-11;1-4-5-21-17-9-7-16(13(17)19)11(12(18)20-3)10-8(9)6-14-15(10)2;1-3-4-21-18-8-6-17(12(18)19)10(11(13)15-20)9-7(8)5-14-16(9)2;1-3-4-20-17-10-7-16(12(17)18)9(6-14-19)11-8(10)5-13-15(11)2;2*1-3-4-19-16-9-6-15(12(16)18)10(7-17)11-8(9)5-13-14(11)2;1-12-7-5(3-11-12)6-4-13(10(16)14(6)17)8(7)9(15)18-2;1-2-3-4/h3-8,13,15H,9-10H2,1-2H3;4,6,9,11H,1,5,7H2,2-3H3;3,5,8,10,20H,1,4,6H2,2H3;3,5-6,9-10,19H,1,4,7H2,2H3;3,5,9-10,17H,1,4,6-7H2,2H3;3,5,7,9-10H,1,4,6H2,2H3;3,6,8,17H,4H2,1-2H3;2H,1,3H2/b;;15-11-;14-6+;;;;/t13-,15-;9-,11-;8-,10-;3*9-,10+;6-,8-;/m0001000./s1. The van der Waals surface area contributed by atoms with E-state index in [9.17, 15) is 63.1 Å². The van der Waals surface area contributed by atoms with Crippen LogP contribution in [-0.4, -0.2) is 349 Å². The Hall–Kier alpha value is -15.5. The Morgan fingerprint density at radius 2 is 0.667 bits per heavy atom. The van der Waals surface area contributed by atoms with Gasteiger partial charge in [0.25, 0.3) is 0 Å². The summed E-state index contributed by atoms with van der Waals surface area (Å²) in [6.07, 6.45) is 23.5. The number of amides is 14. The number of hydrogen-bond donors (Lipinski definition) is 4. The maximum atomic E-state index is 12.8. The van der Waals surface area contributed by atoms with Crippen molar-refractivity contribution in [3.05, 3.63) is 234 Å². The second-order valence-corrected chi connectivity index (χ2v) is 35.5. The fraction of sp³-hybridized carbons (Fsp3) is 0.429. The minimum atomic E-state index is -0.849. The van der Waals surface area contributed by atoms with Gasteiger partial charge in [0, 0.05) is 93.6 Å². The summed E-state index contributed by atoms with van der Waals surface area (Å²) in [6.45, 7) is 25.5. The molecule has 0 spiro atoms. The van der Waals surface area contributed by atoms with E-state index in [0.717, 1.165) is 67.6 Å². The lowest BCUT2D eigenvalue weighted by Crippen LogP contribution is -2.40. The number of aldehydes is 1. The van der Waals surface area contributed by atoms with Gasteiger partial charge in [0.15, 0.2) is 23.3 Å². The van der Waals surface area contributed by atoms with E-state index in [-0.39, 0.29) is 136 Å². The minimum absolute atomic E-state index is 0.0859. The van der Waals surface area contributed by atoms with Gasteiger partial charge in [-0.1, -0.05) is 105 Å². The number of aliphatic hydroxyl groups excluding tert-OH is 1. The summed E-state index contributed by atoms with van der Waals surface area (Å²) < 4.78 is 25.9. The molecule has 7 aromatic heterocycles. The zero-order valence-corrected chi connectivity index (χ0v) is 83.9. The smallest absolute Gasteiger partial charge is 0.345 e. The lowest BCUT2D eigenvalue weighted by molar-refractivity contribution is -0.147. The van der Waals surface area contributed by atoms with Crippen molar-refractivity contribution in [3.8, 4) is 0 Å². The molecule has 14 atom stereocenters. The van der Waals surface area contributed by atoms with Gasteiger partial charge >= 0.3 is 60.1 Å². The molecule has 14 amide bonds. The monoisotopic (exact) mass is 2120 g/mol. The number of fused-ring (bicyclic) bond motifs is 28. The number of benzene rings is 1. The van der Waals surface area contributed by atoms with Gasteiger partial charge in [-0.05, 0) is 5.56 Å². The van der Waals surface area contributed by atoms with E-state index in [1.54, 1.807) is 160 Å². The fourth-order valence-corrected chi connectivity index (χ4v) is 20.3. The van der Waals surface area contributed by atoms with Gasteiger partial charge in [-0.15, -0.1) is 39.5 Å². The molecule has 0 unspecified atom stereocenters. The Morgan fingerprint density at radius 1 is 0.395 bits per heavy atom. The van der Waals surface area contributed by atoms with Crippen LogP contribution in [0.3, 0.4) is 0 Å². The quantitative estimate of drug-likeness (QED) is 0.00507. The van der Waals surface area contributed by atoms with Crippen molar-refractivity contribution in [3.63, 3.8) is 0 Å². The molecule has 1 aromatic carbocycles. The average Bonchev–Trinajstić information content (AvgIpc) is 1.48. The van der Waals surface area contributed by atoms with Crippen LogP contribution in [0, 0.1) is 0 Å². The van der Waals surface area contributed by atoms with Gasteiger partial charge in [-0.25, -0.2) is 47.9 Å². The van der Waals surface area contributed by atoms with Gasteiger partial charge in [0.05, 0.1) is 202 Å². The number of aryl methyl sites for hydroxylation is 7. The van der Waals surface area contributed by atoms with E-state index in [2.05, 4.69) is 101 Å². The molecule has 7 saturated heterocycles. The zero-order chi connectivity index (χ0) is 106. The Balaban J connectivity index is 0.000000128. The molecule has 4 N–H and O–H groups in total. The average molecular weight is 2120 g/mol. The first kappa shape index (κ1) is 106. The Morgan fingerprint density at radius 3 is 1.00 bits per heavy atom. The molecule has 0 saturated carbocycles. The molecule has 56 heteroatoms. The number of aliphatic hydroxyl groups is 1. The van der Waals surface area contributed by atoms with E-state index in [1.807, 2.05) is 37.4 Å². The normalized spacial score (nSPS) is 23.5. The van der Waals surface area contributed by atoms with Crippen molar-refractivity contribution < 1.29 is 117 Å². The molecule has 0 aliphatic carbocycles. The maximum absolute atomic E-state index is 12.8. The topological polar surface area (TPSA) is 547 Å². The molecule has 7 fully saturated rings. The van der Waals surface area contributed by atoms with Gasteiger partial charge in [0.2, 0.25) is 0 Å². The highest BCUT2D eigenvalue weighted by Crippen LogP contribution is 2.52. The van der Waals surface area contributed by atoms with Crippen LogP contribution in [0.1, 0.15) is 169 Å². The number of allylic oxidation sites excluding steroid dienone is 1. The van der Waals surface area contributed by atoms with Gasteiger partial charge < -0.3 is 68.8 Å². The number of hydrogen-bond acceptors (Lipinski definition) is 33. The highest BCUT2D eigenvalue weighted by Gasteiger charge is 2.60. The third kappa shape index (κ3) is 19.0. The third-order valence-corrected chi connectivity index (χ3v) is 27.3. The predicted octanol–water partition coefficient (Wildman–Crippen LogP) is 6.65. The van der Waals surface area contributed by atoms with E-state index in [4.69, 9.17) is 65.3 Å². The number of nitrogens with zero attached hydrogens (tertiary/aromatic N) is 30. The number of halogens is 2. The molecule has 782 valence electrons. The van der Waals surface area contributed by atoms with E-state index in [0.29, 0.717) is 72.7 Å². The van der Waals surface area contributed by atoms with Crippen LogP contribution in [0.4, 0.5) is 33.6 Å². The summed E-state index contributed by atoms with van der Waals surface area (Å²) in [5.41, 5.74) is 11.9. The number of urea groups is 7. The van der Waals surface area contributed by atoms with Crippen molar-refractivity contribution in [2.24, 2.45) is 59.6 Å². The van der Waals surface area contributed by atoms with E-state index >= 15 is 0 Å². The third-order valence-electron chi connectivity index (χ3n) is 26.5. The second-order valence-electron chi connectivity index (χ2n) is 34.4. The fourth-order valence-electron chi connectivity index (χ4n) is 20.1. The highest BCUT2D eigenvalue weighted by atomic mass is 79.9. The number of oxime groups is 2. The lowest BCUT2D eigenvalue weighted by Gasteiger charge is -2.29. The number of hydroxylamine groups is 14. The molecule has 54 nitrogen and oxygen atoms in total. The van der Waals surface area contributed by atoms with Gasteiger partial charge in [-0.2, -0.15) is 71.1 Å². The maximum Gasteiger partial charge on any atom is 0.345 e. The Bertz CT molecular complexity index is 6430. The summed E-state index contributed by atoms with van der Waals surface area (Å²) in [6, 6.07) is 0.849. The van der Waals surface area contributed by atoms with Crippen molar-refractivity contribution in [1.29, 1.82) is 0 Å². The van der Waals surface area contributed by atoms with E-state index in [1.165, 1.54) is 87.1 Å². The predicted molar refractivity (Wildman–Crippen MR) is 511 cm³/mol. The summed E-state index contributed by atoms with van der Waals surface area (Å²) in [5, 5.41) is 82.0. The number of rotatable bonds is 26. The van der Waals surface area contributed by atoms with Gasteiger partial charge in [-0.3, -0.25) is 67.0 Å². The number of esters is 3. The molecular formula is C91H110BrClN30O24. The summed E-state index contributed by atoms with van der Waals surface area (Å²) in [5.74, 6) is -1.51. The Labute approximate surface area is 852 Å². The number of aromatic nitrogens is 14. The molecule has 147 heavy (non-hydrogen) atoms. The number of methoxy groups -OCH3 is 3. The first-order valence-corrected chi connectivity index (χ1v) is 47.2. The number of alkyl halides is 1. The largest absolute Gasteiger partial charge is 0.467 e. The summed E-state index contributed by atoms with van der Waals surface area (Å²) in [4.78, 5) is 177. The molecule has 22 rings (SSSR count). The highest BCUT2D eigenvalue weighted by molar-refractivity contribution is 9.09. The van der Waals surface area contributed by atoms with Crippen LogP contribution < -0.4 is 0 Å². The molecule has 14 aliphatic heterocycles. The first-order valence-electron chi connectivity index (χ1n) is 45.7. The molecule has 14 bridgehead atoms. The van der Waals surface area contributed by atoms with E-state index < -0.39 is 66.2 Å². The SMILES string of the molecule is C=CCBr.C=CCON1C(=O)N2C[C@H]1c1cnn(C)c1[C@H]2/C(Cl)=N/O.C=CCON1C(=O)N2C[C@H]1c1cnn(C)c1[C@H]2/C=N/O.C=CCON1C(=O)N2C[C@H]1c1cnn(C)c1[C@H]2C(=O)OC.C=CCON1C(=O)N2C[C@H]1c1cnn(C)c1[C@H]2C=O.C=CCON1C(=O)N2C[C@H]1c1cnn(C)c1[C@H]2CO.COC(=O)[C@@H]1c2c(cnn2C)[C@@H]2CN1C(=O)N2O.COC(=O)[C@@H]1c2c(cnn2C)[C@@H]2CN1C(=O)N2OCc1ccccc1. The van der Waals surface area contributed by atoms with Crippen molar-refractivity contribution >= 4 is 105 Å². The summed E-state index contributed by atoms with van der Waals surface area (Å²) in [7, 11) is 16.2. The van der Waals surface area contributed by atoms with Gasteiger partial charge in [0.1, 0.15) is 73.3 Å². The summed E-state index contributed by atoms with van der Waals surface area (Å²) >= 11 is 9.13. The lowest BCUT2D eigenvalue weighted by atomic mass is 9.98. The molecule has 14 aliphatic rings.